The minimum Gasteiger partial charge on any atom is -0.309 e. The molecule has 1 aromatic carbocycles. The standard InChI is InChI=1S/C16H16N2S/c17-9-12-7-16(19-11-12)10-18-15-6-5-13-3-1-2-4-14(13)8-15/h1-4,7,11,15,18H,5-6,8,10H2. The van der Waals surface area contributed by atoms with E-state index in [2.05, 4.69) is 35.7 Å². The van der Waals surface area contributed by atoms with Gasteiger partial charge in [0.2, 0.25) is 0 Å². The number of nitrogens with zero attached hydrogens (tertiary/aromatic N) is 1. The summed E-state index contributed by atoms with van der Waals surface area (Å²) in [7, 11) is 0. The SMILES string of the molecule is N#Cc1csc(CNC2CCc3ccccc3C2)c1. The van der Waals surface area contributed by atoms with Crippen LogP contribution in [-0.2, 0) is 19.4 Å². The summed E-state index contributed by atoms with van der Waals surface area (Å²) < 4.78 is 0. The van der Waals surface area contributed by atoms with E-state index in [0.29, 0.717) is 6.04 Å². The van der Waals surface area contributed by atoms with Crippen molar-refractivity contribution >= 4 is 11.3 Å². The fourth-order valence-corrected chi connectivity index (χ4v) is 3.41. The number of fused-ring (bicyclic) bond motifs is 1. The summed E-state index contributed by atoms with van der Waals surface area (Å²) in [5, 5.41) is 14.4. The summed E-state index contributed by atoms with van der Waals surface area (Å²) in [6.45, 7) is 0.874. The van der Waals surface area contributed by atoms with E-state index in [-0.39, 0.29) is 0 Å². The van der Waals surface area contributed by atoms with Crippen LogP contribution in [0.4, 0.5) is 0 Å². The minimum atomic E-state index is 0.558. The maximum atomic E-state index is 8.81. The largest absolute Gasteiger partial charge is 0.309 e. The zero-order valence-corrected chi connectivity index (χ0v) is 11.5. The minimum absolute atomic E-state index is 0.558. The van der Waals surface area contributed by atoms with Crippen molar-refractivity contribution in [3.8, 4) is 6.07 Å². The van der Waals surface area contributed by atoms with Gasteiger partial charge < -0.3 is 5.32 Å². The molecule has 1 heterocycles. The maximum Gasteiger partial charge on any atom is 0.100 e. The molecule has 2 aromatic rings. The molecule has 3 rings (SSSR count). The Kier molecular flexibility index (Phi) is 3.63. The van der Waals surface area contributed by atoms with Crippen molar-refractivity contribution in [2.45, 2.75) is 31.8 Å². The summed E-state index contributed by atoms with van der Waals surface area (Å²) in [4.78, 5) is 1.25. The van der Waals surface area contributed by atoms with E-state index in [0.717, 1.165) is 18.5 Å². The van der Waals surface area contributed by atoms with Crippen molar-refractivity contribution in [1.29, 1.82) is 5.26 Å². The first kappa shape index (κ1) is 12.4. The summed E-state index contributed by atoms with van der Waals surface area (Å²) in [5.74, 6) is 0. The zero-order chi connectivity index (χ0) is 13.1. The Balaban J connectivity index is 1.59. The Morgan fingerprint density at radius 3 is 2.95 bits per heavy atom. The average Bonchev–Trinajstić information content (AvgIpc) is 2.93. The lowest BCUT2D eigenvalue weighted by atomic mass is 9.88. The van der Waals surface area contributed by atoms with Crippen molar-refractivity contribution in [2.24, 2.45) is 0 Å². The lowest BCUT2D eigenvalue weighted by Gasteiger charge is -2.25. The van der Waals surface area contributed by atoms with Gasteiger partial charge in [-0.2, -0.15) is 5.26 Å². The molecule has 1 N–H and O–H groups in total. The summed E-state index contributed by atoms with van der Waals surface area (Å²) in [6.07, 6.45) is 3.49. The molecule has 0 fully saturated rings. The molecule has 0 amide bonds. The Hall–Kier alpha value is -1.63. The Morgan fingerprint density at radius 1 is 1.32 bits per heavy atom. The van der Waals surface area contributed by atoms with E-state index in [1.54, 1.807) is 11.3 Å². The molecule has 19 heavy (non-hydrogen) atoms. The van der Waals surface area contributed by atoms with E-state index < -0.39 is 0 Å². The molecule has 0 bridgehead atoms. The maximum absolute atomic E-state index is 8.81. The Labute approximate surface area is 117 Å². The number of aryl methyl sites for hydroxylation is 1. The third-order valence-corrected chi connectivity index (χ3v) is 4.63. The first-order valence-electron chi connectivity index (χ1n) is 6.63. The highest BCUT2D eigenvalue weighted by Gasteiger charge is 2.17. The zero-order valence-electron chi connectivity index (χ0n) is 10.7. The molecule has 0 radical (unpaired) electrons. The van der Waals surface area contributed by atoms with Crippen LogP contribution >= 0.6 is 11.3 Å². The monoisotopic (exact) mass is 268 g/mol. The van der Waals surface area contributed by atoms with E-state index in [1.807, 2.05) is 11.4 Å². The van der Waals surface area contributed by atoms with Gasteiger partial charge in [-0.15, -0.1) is 11.3 Å². The summed E-state index contributed by atoms with van der Waals surface area (Å²) in [5.41, 5.74) is 3.76. The Morgan fingerprint density at radius 2 is 2.16 bits per heavy atom. The van der Waals surface area contributed by atoms with E-state index in [4.69, 9.17) is 5.26 Å². The lowest BCUT2D eigenvalue weighted by Crippen LogP contribution is -2.33. The van der Waals surface area contributed by atoms with Gasteiger partial charge in [0.05, 0.1) is 5.56 Å². The van der Waals surface area contributed by atoms with Gasteiger partial charge in [0.1, 0.15) is 6.07 Å². The van der Waals surface area contributed by atoms with Gasteiger partial charge in [-0.05, 0) is 36.5 Å². The molecule has 2 nitrogen and oxygen atoms in total. The number of hydrogen-bond donors (Lipinski definition) is 1. The fraction of sp³-hybridized carbons (Fsp3) is 0.312. The van der Waals surface area contributed by atoms with Crippen LogP contribution in [0.1, 0.15) is 28.0 Å². The first-order valence-corrected chi connectivity index (χ1v) is 7.51. The smallest absolute Gasteiger partial charge is 0.100 e. The van der Waals surface area contributed by atoms with Crippen molar-refractivity contribution in [3.63, 3.8) is 0 Å². The molecule has 0 spiro atoms. The van der Waals surface area contributed by atoms with Gasteiger partial charge in [0.25, 0.3) is 0 Å². The second kappa shape index (κ2) is 5.56. The van der Waals surface area contributed by atoms with Crippen molar-refractivity contribution in [1.82, 2.24) is 5.32 Å². The van der Waals surface area contributed by atoms with Crippen molar-refractivity contribution < 1.29 is 0 Å². The van der Waals surface area contributed by atoms with E-state index >= 15 is 0 Å². The van der Waals surface area contributed by atoms with Crippen LogP contribution < -0.4 is 5.32 Å². The molecule has 1 unspecified atom stereocenters. The average molecular weight is 268 g/mol. The van der Waals surface area contributed by atoms with Crippen LogP contribution in [0.15, 0.2) is 35.7 Å². The highest BCUT2D eigenvalue weighted by molar-refractivity contribution is 7.10. The summed E-state index contributed by atoms with van der Waals surface area (Å²) in [6, 6.07) is 13.4. The molecule has 3 heteroatoms. The molecule has 0 saturated heterocycles. The first-order chi connectivity index (χ1) is 9.35. The predicted octanol–water partition coefficient (Wildman–Crippen LogP) is 3.27. The van der Waals surface area contributed by atoms with Gasteiger partial charge in [0.15, 0.2) is 0 Å². The molecule has 1 atom stereocenters. The van der Waals surface area contributed by atoms with Gasteiger partial charge in [-0.3, -0.25) is 0 Å². The molecule has 1 aromatic heterocycles. The van der Waals surface area contributed by atoms with Crippen LogP contribution in [-0.4, -0.2) is 6.04 Å². The van der Waals surface area contributed by atoms with Crippen LogP contribution in [0.25, 0.3) is 0 Å². The van der Waals surface area contributed by atoms with Crippen molar-refractivity contribution in [2.75, 3.05) is 0 Å². The van der Waals surface area contributed by atoms with Crippen molar-refractivity contribution in [3.05, 3.63) is 57.3 Å². The highest BCUT2D eigenvalue weighted by Crippen LogP contribution is 2.22. The number of hydrogen-bond acceptors (Lipinski definition) is 3. The molecule has 0 aliphatic heterocycles. The number of nitrogens with one attached hydrogen (secondary N) is 1. The van der Waals surface area contributed by atoms with Crippen LogP contribution in [0.2, 0.25) is 0 Å². The second-order valence-corrected chi connectivity index (χ2v) is 6.00. The fourth-order valence-electron chi connectivity index (χ4n) is 2.65. The van der Waals surface area contributed by atoms with Gasteiger partial charge in [-0.25, -0.2) is 0 Å². The quantitative estimate of drug-likeness (QED) is 0.927. The molecule has 0 saturated carbocycles. The second-order valence-electron chi connectivity index (χ2n) is 5.00. The number of thiophene rings is 1. The van der Waals surface area contributed by atoms with E-state index in [9.17, 15) is 0 Å². The molecule has 1 aliphatic carbocycles. The molecule has 1 aliphatic rings. The number of rotatable bonds is 3. The molecular weight excluding hydrogens is 252 g/mol. The number of benzene rings is 1. The van der Waals surface area contributed by atoms with Crippen LogP contribution in [0, 0.1) is 11.3 Å². The normalized spacial score (nSPS) is 17.7. The Bertz CT molecular complexity index is 609. The third kappa shape index (κ3) is 2.86. The number of nitriles is 1. The summed E-state index contributed by atoms with van der Waals surface area (Å²) >= 11 is 1.66. The highest BCUT2D eigenvalue weighted by atomic mass is 32.1. The van der Waals surface area contributed by atoms with Crippen LogP contribution in [0.5, 0.6) is 0 Å². The third-order valence-electron chi connectivity index (χ3n) is 3.69. The van der Waals surface area contributed by atoms with Gasteiger partial charge in [0, 0.05) is 22.8 Å². The topological polar surface area (TPSA) is 35.8 Å². The van der Waals surface area contributed by atoms with Gasteiger partial charge in [-0.1, -0.05) is 24.3 Å². The lowest BCUT2D eigenvalue weighted by molar-refractivity contribution is 0.459. The molecule has 96 valence electrons. The van der Waals surface area contributed by atoms with Crippen LogP contribution in [0.3, 0.4) is 0 Å². The molecular formula is C16H16N2S. The van der Waals surface area contributed by atoms with E-state index in [1.165, 1.54) is 28.8 Å². The predicted molar refractivity (Wildman–Crippen MR) is 78.1 cm³/mol. The van der Waals surface area contributed by atoms with Gasteiger partial charge >= 0.3 is 0 Å².